The maximum absolute atomic E-state index is 6.60. The first kappa shape index (κ1) is 21.6. The Morgan fingerprint density at radius 1 is 1.03 bits per heavy atom. The lowest BCUT2D eigenvalue weighted by atomic mass is 10.0. The second-order valence-corrected chi connectivity index (χ2v) is 9.94. The molecule has 3 aliphatic rings. The molecule has 2 unspecified atom stereocenters. The zero-order chi connectivity index (χ0) is 23.2. The SMILES string of the molecule is CCn1ccc(C2=CC3C(C=Cc4nnc(C)n43)N2Cc2cc(Cl)cc(CN3CCCC3)c2)n1. The highest BCUT2D eigenvalue weighted by Crippen LogP contribution is 2.41. The molecule has 0 bridgehead atoms. The first-order valence-electron chi connectivity index (χ1n) is 12.2. The fourth-order valence-electron chi connectivity index (χ4n) is 5.59. The molecular weight excluding hydrogens is 446 g/mol. The van der Waals surface area contributed by atoms with Crippen LogP contribution in [0.2, 0.25) is 5.02 Å². The molecule has 0 radical (unpaired) electrons. The number of aryl methyl sites for hydroxylation is 2. The molecule has 1 saturated heterocycles. The van der Waals surface area contributed by atoms with Crippen LogP contribution in [-0.4, -0.2) is 53.5 Å². The van der Waals surface area contributed by atoms with E-state index in [2.05, 4.69) is 80.2 Å². The van der Waals surface area contributed by atoms with Gasteiger partial charge in [-0.3, -0.25) is 9.58 Å². The van der Waals surface area contributed by atoms with Gasteiger partial charge in [-0.1, -0.05) is 23.7 Å². The van der Waals surface area contributed by atoms with Crippen molar-refractivity contribution in [3.63, 3.8) is 0 Å². The van der Waals surface area contributed by atoms with E-state index >= 15 is 0 Å². The Hall–Kier alpha value is -2.90. The van der Waals surface area contributed by atoms with Crippen molar-refractivity contribution in [3.05, 3.63) is 76.1 Å². The van der Waals surface area contributed by atoms with Gasteiger partial charge in [0.25, 0.3) is 0 Å². The summed E-state index contributed by atoms with van der Waals surface area (Å²) in [4.78, 5) is 4.97. The lowest BCUT2D eigenvalue weighted by molar-refractivity contribution is 0.298. The Kier molecular flexibility index (Phi) is 5.54. The molecule has 1 fully saturated rings. The molecule has 3 aliphatic heterocycles. The Morgan fingerprint density at radius 3 is 2.59 bits per heavy atom. The summed E-state index contributed by atoms with van der Waals surface area (Å²) in [5.41, 5.74) is 4.66. The lowest BCUT2D eigenvalue weighted by Gasteiger charge is -2.33. The third-order valence-corrected chi connectivity index (χ3v) is 7.40. The number of rotatable bonds is 6. The summed E-state index contributed by atoms with van der Waals surface area (Å²) < 4.78 is 4.22. The second-order valence-electron chi connectivity index (χ2n) is 9.50. The van der Waals surface area contributed by atoms with Crippen LogP contribution in [0, 0.1) is 6.92 Å². The van der Waals surface area contributed by atoms with Gasteiger partial charge in [0.05, 0.1) is 17.8 Å². The van der Waals surface area contributed by atoms with Gasteiger partial charge in [0.2, 0.25) is 0 Å². The van der Waals surface area contributed by atoms with Crippen LogP contribution in [0.25, 0.3) is 11.8 Å². The van der Waals surface area contributed by atoms with Gasteiger partial charge < -0.3 is 9.47 Å². The average Bonchev–Trinajstić information content (AvgIpc) is 3.60. The van der Waals surface area contributed by atoms with E-state index in [9.17, 15) is 0 Å². The number of hydrogen-bond donors (Lipinski definition) is 0. The van der Waals surface area contributed by atoms with Crippen molar-refractivity contribution in [3.8, 4) is 0 Å². The number of likely N-dealkylation sites (tertiary alicyclic amines) is 1. The van der Waals surface area contributed by atoms with Crippen molar-refractivity contribution in [2.45, 2.75) is 58.4 Å². The molecule has 176 valence electrons. The van der Waals surface area contributed by atoms with Gasteiger partial charge in [-0.05, 0) is 81.3 Å². The van der Waals surface area contributed by atoms with Crippen molar-refractivity contribution in [2.75, 3.05) is 13.1 Å². The van der Waals surface area contributed by atoms with Crippen LogP contribution in [0.15, 0.2) is 42.6 Å². The first-order chi connectivity index (χ1) is 16.6. The number of fused-ring (bicyclic) bond motifs is 3. The van der Waals surface area contributed by atoms with Crippen LogP contribution in [-0.2, 0) is 19.6 Å². The molecule has 0 saturated carbocycles. The molecule has 0 aliphatic carbocycles. The summed E-state index contributed by atoms with van der Waals surface area (Å²) in [5.74, 6) is 1.84. The minimum absolute atomic E-state index is 0.139. The Labute approximate surface area is 205 Å². The highest BCUT2D eigenvalue weighted by molar-refractivity contribution is 6.30. The van der Waals surface area contributed by atoms with Crippen LogP contribution in [0.3, 0.4) is 0 Å². The number of hydrogen-bond acceptors (Lipinski definition) is 5. The van der Waals surface area contributed by atoms with Crippen LogP contribution in [0.5, 0.6) is 0 Å². The molecule has 7 nitrogen and oxygen atoms in total. The van der Waals surface area contributed by atoms with Gasteiger partial charge in [-0.25, -0.2) is 0 Å². The van der Waals surface area contributed by atoms with Crippen molar-refractivity contribution in [1.29, 1.82) is 0 Å². The van der Waals surface area contributed by atoms with Crippen LogP contribution in [0.1, 0.15) is 54.3 Å². The van der Waals surface area contributed by atoms with E-state index in [1.807, 2.05) is 11.6 Å². The Bertz CT molecular complexity index is 1260. The van der Waals surface area contributed by atoms with Crippen LogP contribution >= 0.6 is 11.6 Å². The molecule has 5 heterocycles. The van der Waals surface area contributed by atoms with Crippen molar-refractivity contribution in [1.82, 2.24) is 34.3 Å². The molecule has 3 aromatic rings. The maximum Gasteiger partial charge on any atom is 0.157 e. The predicted octanol–water partition coefficient (Wildman–Crippen LogP) is 4.55. The summed E-state index contributed by atoms with van der Waals surface area (Å²) >= 11 is 6.60. The zero-order valence-corrected chi connectivity index (χ0v) is 20.5. The fourth-order valence-corrected chi connectivity index (χ4v) is 5.87. The van der Waals surface area contributed by atoms with Crippen molar-refractivity contribution >= 4 is 23.4 Å². The highest BCUT2D eigenvalue weighted by atomic mass is 35.5. The standard InChI is InChI=1S/C26H30ClN7/c1-3-32-11-8-22(30-32)24-15-25-23(6-7-26-29-28-18(2)34(25)26)33(24)17-20-12-19(13-21(27)14-20)16-31-9-4-5-10-31/h6-8,11-15,23,25H,3-5,9-10,16-17H2,1-2H3. The number of aromatic nitrogens is 5. The molecular formula is C26H30ClN7. The van der Waals surface area contributed by atoms with Gasteiger partial charge in [0, 0.05) is 30.9 Å². The topological polar surface area (TPSA) is 55.0 Å². The smallest absolute Gasteiger partial charge is 0.157 e. The third kappa shape index (κ3) is 3.87. The highest BCUT2D eigenvalue weighted by Gasteiger charge is 2.39. The maximum atomic E-state index is 6.60. The first-order valence-corrected chi connectivity index (χ1v) is 12.6. The fraction of sp³-hybridized carbons (Fsp3) is 0.423. The summed E-state index contributed by atoms with van der Waals surface area (Å²) in [6.45, 7) is 9.07. The quantitative estimate of drug-likeness (QED) is 0.523. The molecule has 0 spiro atoms. The van der Waals surface area contributed by atoms with E-state index in [-0.39, 0.29) is 12.1 Å². The van der Waals surface area contributed by atoms with Gasteiger partial charge in [0.1, 0.15) is 11.5 Å². The average molecular weight is 476 g/mol. The predicted molar refractivity (Wildman–Crippen MR) is 134 cm³/mol. The largest absolute Gasteiger partial charge is 0.357 e. The molecule has 8 heteroatoms. The zero-order valence-electron chi connectivity index (χ0n) is 19.7. The number of halogens is 1. The molecule has 1 aromatic carbocycles. The van der Waals surface area contributed by atoms with E-state index in [0.717, 1.165) is 47.7 Å². The molecule has 6 rings (SSSR count). The molecule has 0 N–H and O–H groups in total. The van der Waals surface area contributed by atoms with Gasteiger partial charge in [0.15, 0.2) is 5.82 Å². The van der Waals surface area contributed by atoms with E-state index < -0.39 is 0 Å². The molecule has 34 heavy (non-hydrogen) atoms. The summed E-state index contributed by atoms with van der Waals surface area (Å²) in [6, 6.07) is 8.96. The second kappa shape index (κ2) is 8.71. The minimum atomic E-state index is 0.139. The minimum Gasteiger partial charge on any atom is -0.357 e. The molecule has 2 aromatic heterocycles. The summed E-state index contributed by atoms with van der Waals surface area (Å²) in [5, 5.41) is 14.3. The lowest BCUT2D eigenvalue weighted by Crippen LogP contribution is -2.35. The van der Waals surface area contributed by atoms with E-state index in [0.29, 0.717) is 0 Å². The number of nitrogens with zero attached hydrogens (tertiary/aromatic N) is 7. The Morgan fingerprint density at radius 2 is 1.82 bits per heavy atom. The van der Waals surface area contributed by atoms with Gasteiger partial charge in [-0.2, -0.15) is 5.10 Å². The molecule has 2 atom stereocenters. The van der Waals surface area contributed by atoms with Crippen molar-refractivity contribution in [2.24, 2.45) is 0 Å². The summed E-state index contributed by atoms with van der Waals surface area (Å²) in [6.07, 6.45) is 11.3. The summed E-state index contributed by atoms with van der Waals surface area (Å²) in [7, 11) is 0. The Balaban J connectivity index is 1.35. The van der Waals surface area contributed by atoms with Crippen molar-refractivity contribution < 1.29 is 0 Å². The molecule has 0 amide bonds. The van der Waals surface area contributed by atoms with E-state index in [1.165, 1.54) is 37.1 Å². The van der Waals surface area contributed by atoms with Crippen LogP contribution < -0.4 is 0 Å². The van der Waals surface area contributed by atoms with Crippen LogP contribution in [0.4, 0.5) is 0 Å². The monoisotopic (exact) mass is 475 g/mol. The van der Waals surface area contributed by atoms with E-state index in [1.54, 1.807) is 0 Å². The third-order valence-electron chi connectivity index (χ3n) is 7.18. The number of benzene rings is 1. The van der Waals surface area contributed by atoms with Gasteiger partial charge in [-0.15, -0.1) is 10.2 Å². The normalized spacial score (nSPS) is 21.7. The van der Waals surface area contributed by atoms with E-state index in [4.69, 9.17) is 16.7 Å². The van der Waals surface area contributed by atoms with Gasteiger partial charge >= 0.3 is 0 Å².